The van der Waals surface area contributed by atoms with Crippen molar-refractivity contribution in [3.8, 4) is 0 Å². The molecule has 2 atom stereocenters. The monoisotopic (exact) mass is 204 g/mol. The maximum Gasteiger partial charge on any atom is 0.0580 e. The zero-order valence-corrected chi connectivity index (χ0v) is 9.52. The molecule has 0 aromatic rings. The Bertz CT molecular complexity index is 128. The summed E-state index contributed by atoms with van der Waals surface area (Å²) >= 11 is 5.60. The van der Waals surface area contributed by atoms with Crippen LogP contribution in [-0.4, -0.2) is 18.6 Å². The first-order valence-corrected chi connectivity index (χ1v) is 5.93. The van der Waals surface area contributed by atoms with Crippen LogP contribution in [0.2, 0.25) is 0 Å². The number of ether oxygens (including phenoxy) is 1. The molecule has 0 radical (unpaired) electrons. The van der Waals surface area contributed by atoms with Crippen LogP contribution in [0.15, 0.2) is 0 Å². The van der Waals surface area contributed by atoms with E-state index >= 15 is 0 Å². The molecule has 1 aliphatic rings. The Balaban J connectivity index is 2.17. The molecule has 0 saturated heterocycles. The van der Waals surface area contributed by atoms with Crippen LogP contribution < -0.4 is 0 Å². The van der Waals surface area contributed by atoms with E-state index in [0.717, 1.165) is 30.7 Å². The van der Waals surface area contributed by atoms with Crippen molar-refractivity contribution in [2.24, 2.45) is 11.8 Å². The number of alkyl halides is 1. The number of rotatable bonds is 4. The van der Waals surface area contributed by atoms with Gasteiger partial charge in [-0.3, -0.25) is 0 Å². The molecule has 0 N–H and O–H groups in total. The highest BCUT2D eigenvalue weighted by molar-refractivity contribution is 6.17. The first-order valence-electron chi connectivity index (χ1n) is 5.40. The zero-order chi connectivity index (χ0) is 9.68. The second kappa shape index (κ2) is 5.87. The van der Waals surface area contributed by atoms with Crippen molar-refractivity contribution in [1.82, 2.24) is 0 Å². The lowest BCUT2D eigenvalue weighted by molar-refractivity contribution is 0.00166. The van der Waals surface area contributed by atoms with Gasteiger partial charge in [0.2, 0.25) is 0 Å². The summed E-state index contributed by atoms with van der Waals surface area (Å²) in [5.41, 5.74) is 0. The molecule has 0 spiro atoms. The third-order valence-electron chi connectivity index (χ3n) is 2.77. The highest BCUT2D eigenvalue weighted by Crippen LogP contribution is 2.30. The lowest BCUT2D eigenvalue weighted by atomic mass is 9.82. The summed E-state index contributed by atoms with van der Waals surface area (Å²) in [5.74, 6) is 2.40. The summed E-state index contributed by atoms with van der Waals surface area (Å²) in [4.78, 5) is 0. The minimum atomic E-state index is 0.502. The molecule has 1 nitrogen and oxygen atoms in total. The van der Waals surface area contributed by atoms with Gasteiger partial charge in [0, 0.05) is 12.5 Å². The van der Waals surface area contributed by atoms with Crippen LogP contribution in [-0.2, 0) is 4.74 Å². The quantitative estimate of drug-likeness (QED) is 0.504. The highest BCUT2D eigenvalue weighted by atomic mass is 35.5. The van der Waals surface area contributed by atoms with E-state index in [2.05, 4.69) is 13.8 Å². The Morgan fingerprint density at radius 1 is 1.15 bits per heavy atom. The fraction of sp³-hybridized carbons (Fsp3) is 1.00. The lowest BCUT2D eigenvalue weighted by Crippen LogP contribution is -2.26. The van der Waals surface area contributed by atoms with Crippen molar-refractivity contribution in [1.29, 1.82) is 0 Å². The van der Waals surface area contributed by atoms with Crippen molar-refractivity contribution in [2.75, 3.05) is 12.5 Å². The van der Waals surface area contributed by atoms with Gasteiger partial charge in [-0.25, -0.2) is 0 Å². The Labute approximate surface area is 86.8 Å². The molecule has 0 aromatic heterocycles. The van der Waals surface area contributed by atoms with Crippen molar-refractivity contribution in [3.05, 3.63) is 0 Å². The molecule has 1 rings (SSSR count). The molecule has 0 bridgehead atoms. The molecule has 2 unspecified atom stereocenters. The van der Waals surface area contributed by atoms with Gasteiger partial charge >= 0.3 is 0 Å². The molecule has 78 valence electrons. The SMILES string of the molecule is CC1CC(C)CC(OCCCCl)C1. The number of halogens is 1. The van der Waals surface area contributed by atoms with Gasteiger partial charge in [-0.05, 0) is 37.5 Å². The predicted molar refractivity (Wildman–Crippen MR) is 57.3 cm³/mol. The molecule has 0 aliphatic heterocycles. The van der Waals surface area contributed by atoms with Gasteiger partial charge in [0.1, 0.15) is 0 Å². The van der Waals surface area contributed by atoms with Crippen molar-refractivity contribution in [3.63, 3.8) is 0 Å². The fourth-order valence-electron chi connectivity index (χ4n) is 2.31. The van der Waals surface area contributed by atoms with E-state index in [1.54, 1.807) is 0 Å². The summed E-state index contributed by atoms with van der Waals surface area (Å²) in [7, 11) is 0. The Morgan fingerprint density at radius 3 is 2.31 bits per heavy atom. The highest BCUT2D eigenvalue weighted by Gasteiger charge is 2.23. The Morgan fingerprint density at radius 2 is 1.77 bits per heavy atom. The van der Waals surface area contributed by atoms with Crippen LogP contribution in [0.25, 0.3) is 0 Å². The first kappa shape index (κ1) is 11.3. The van der Waals surface area contributed by atoms with Crippen LogP contribution in [0.1, 0.15) is 39.5 Å². The molecular formula is C11H21ClO. The van der Waals surface area contributed by atoms with Crippen LogP contribution >= 0.6 is 11.6 Å². The molecule has 0 amide bonds. The second-order valence-corrected chi connectivity index (χ2v) is 4.83. The zero-order valence-electron chi connectivity index (χ0n) is 8.76. The van der Waals surface area contributed by atoms with E-state index in [4.69, 9.17) is 16.3 Å². The van der Waals surface area contributed by atoms with E-state index in [1.807, 2.05) is 0 Å². The van der Waals surface area contributed by atoms with Crippen molar-refractivity contribution >= 4 is 11.6 Å². The minimum Gasteiger partial charge on any atom is -0.378 e. The smallest absolute Gasteiger partial charge is 0.0580 e. The van der Waals surface area contributed by atoms with E-state index in [0.29, 0.717) is 6.10 Å². The van der Waals surface area contributed by atoms with Crippen molar-refractivity contribution < 1.29 is 4.74 Å². The normalized spacial score (nSPS) is 34.8. The standard InChI is InChI=1S/C11H21ClO/c1-9-6-10(2)8-11(7-9)13-5-3-4-12/h9-11H,3-8H2,1-2H3. The van der Waals surface area contributed by atoms with Crippen LogP contribution in [0, 0.1) is 11.8 Å². The van der Waals surface area contributed by atoms with E-state index < -0.39 is 0 Å². The van der Waals surface area contributed by atoms with Crippen molar-refractivity contribution in [2.45, 2.75) is 45.6 Å². The summed E-state index contributed by atoms with van der Waals surface area (Å²) in [6.45, 7) is 5.49. The maximum absolute atomic E-state index is 5.78. The Hall–Kier alpha value is 0.250. The number of hydrogen-bond donors (Lipinski definition) is 0. The predicted octanol–water partition coefficient (Wildman–Crippen LogP) is 3.46. The van der Waals surface area contributed by atoms with E-state index in [-0.39, 0.29) is 0 Å². The molecule has 0 aromatic carbocycles. The minimum absolute atomic E-state index is 0.502. The average Bonchev–Trinajstić information content (AvgIpc) is 2.03. The molecule has 1 fully saturated rings. The third kappa shape index (κ3) is 4.33. The summed E-state index contributed by atoms with van der Waals surface area (Å²) in [6.07, 6.45) is 5.34. The van der Waals surface area contributed by atoms with E-state index in [1.165, 1.54) is 19.3 Å². The van der Waals surface area contributed by atoms with Gasteiger partial charge in [-0.2, -0.15) is 0 Å². The summed E-state index contributed by atoms with van der Waals surface area (Å²) in [6, 6.07) is 0. The van der Waals surface area contributed by atoms with Crippen LogP contribution in [0.5, 0.6) is 0 Å². The van der Waals surface area contributed by atoms with Gasteiger partial charge < -0.3 is 4.74 Å². The molecule has 1 saturated carbocycles. The lowest BCUT2D eigenvalue weighted by Gasteiger charge is -2.31. The van der Waals surface area contributed by atoms with Crippen LogP contribution in [0.4, 0.5) is 0 Å². The molecule has 1 aliphatic carbocycles. The largest absolute Gasteiger partial charge is 0.378 e. The number of hydrogen-bond acceptors (Lipinski definition) is 1. The van der Waals surface area contributed by atoms with Gasteiger partial charge in [0.25, 0.3) is 0 Å². The maximum atomic E-state index is 5.78. The third-order valence-corrected chi connectivity index (χ3v) is 3.03. The Kier molecular flexibility index (Phi) is 5.12. The molecule has 13 heavy (non-hydrogen) atoms. The van der Waals surface area contributed by atoms with Gasteiger partial charge in [0.15, 0.2) is 0 Å². The molecular weight excluding hydrogens is 184 g/mol. The van der Waals surface area contributed by atoms with Gasteiger partial charge in [0.05, 0.1) is 6.10 Å². The molecule has 2 heteroatoms. The average molecular weight is 205 g/mol. The van der Waals surface area contributed by atoms with Gasteiger partial charge in [-0.1, -0.05) is 13.8 Å². The summed E-state index contributed by atoms with van der Waals surface area (Å²) in [5, 5.41) is 0. The molecule has 0 heterocycles. The van der Waals surface area contributed by atoms with Gasteiger partial charge in [-0.15, -0.1) is 11.6 Å². The second-order valence-electron chi connectivity index (χ2n) is 4.45. The summed E-state index contributed by atoms with van der Waals surface area (Å²) < 4.78 is 5.78. The first-order chi connectivity index (χ1) is 6.22. The topological polar surface area (TPSA) is 9.23 Å². The van der Waals surface area contributed by atoms with E-state index in [9.17, 15) is 0 Å². The fourth-order valence-corrected chi connectivity index (χ4v) is 2.42. The van der Waals surface area contributed by atoms with Crippen LogP contribution in [0.3, 0.4) is 0 Å².